The van der Waals surface area contributed by atoms with E-state index in [4.69, 9.17) is 0 Å². The van der Waals surface area contributed by atoms with E-state index in [1.165, 1.54) is 16.4 Å². The molecule has 1 N–H and O–H groups in total. The van der Waals surface area contributed by atoms with Crippen LogP contribution in [0, 0.1) is 24.1 Å². The molecule has 1 amide bonds. The summed E-state index contributed by atoms with van der Waals surface area (Å²) in [5.74, 6) is -0.753. The maximum atomic E-state index is 13.8. The summed E-state index contributed by atoms with van der Waals surface area (Å²) in [5.41, 5.74) is 1.08. The first-order valence-corrected chi connectivity index (χ1v) is 10.7. The van der Waals surface area contributed by atoms with Gasteiger partial charge in [0.25, 0.3) is 0 Å². The van der Waals surface area contributed by atoms with Gasteiger partial charge in [-0.25, -0.2) is 12.8 Å². The lowest BCUT2D eigenvalue weighted by atomic mass is 10.0. The van der Waals surface area contributed by atoms with Crippen LogP contribution in [-0.4, -0.2) is 36.7 Å². The SMILES string of the molecule is Cc1ccc(S(=O)(=O)N2CC[C@@]3(C[C@H]3C(=O)NCc3ccncc3)C2)cc1F. The van der Waals surface area contributed by atoms with Crippen molar-refractivity contribution in [2.45, 2.75) is 31.2 Å². The second kappa shape index (κ2) is 6.93. The number of sulfonamides is 1. The van der Waals surface area contributed by atoms with Crippen LogP contribution in [0.3, 0.4) is 0 Å². The molecule has 1 aliphatic heterocycles. The Hall–Kier alpha value is -2.32. The molecule has 2 heterocycles. The van der Waals surface area contributed by atoms with E-state index in [1.54, 1.807) is 19.3 Å². The van der Waals surface area contributed by atoms with Crippen molar-refractivity contribution in [2.75, 3.05) is 13.1 Å². The van der Waals surface area contributed by atoms with Crippen LogP contribution in [0.4, 0.5) is 4.39 Å². The van der Waals surface area contributed by atoms with Crippen LogP contribution < -0.4 is 5.32 Å². The van der Waals surface area contributed by atoms with Gasteiger partial charge in [0.15, 0.2) is 0 Å². The predicted molar refractivity (Wildman–Crippen MR) is 101 cm³/mol. The van der Waals surface area contributed by atoms with Crippen molar-refractivity contribution in [1.29, 1.82) is 0 Å². The summed E-state index contributed by atoms with van der Waals surface area (Å²) in [7, 11) is -3.76. The van der Waals surface area contributed by atoms with E-state index in [0.717, 1.165) is 11.6 Å². The lowest BCUT2D eigenvalue weighted by Gasteiger charge is -2.17. The van der Waals surface area contributed by atoms with Gasteiger partial charge in [-0.15, -0.1) is 0 Å². The monoisotopic (exact) mass is 403 g/mol. The van der Waals surface area contributed by atoms with Crippen LogP contribution in [-0.2, 0) is 21.4 Å². The molecule has 8 heteroatoms. The van der Waals surface area contributed by atoms with Crippen LogP contribution in [0.5, 0.6) is 0 Å². The Labute approximate surface area is 163 Å². The topological polar surface area (TPSA) is 79.4 Å². The Kier molecular flexibility index (Phi) is 4.71. The second-order valence-corrected chi connectivity index (χ2v) is 9.63. The fourth-order valence-electron chi connectivity index (χ4n) is 3.93. The van der Waals surface area contributed by atoms with Gasteiger partial charge in [0, 0.05) is 37.9 Å². The minimum atomic E-state index is -3.76. The number of benzene rings is 1. The van der Waals surface area contributed by atoms with Gasteiger partial charge in [-0.3, -0.25) is 9.78 Å². The number of pyridine rings is 1. The summed E-state index contributed by atoms with van der Waals surface area (Å²) in [6.45, 7) is 2.68. The van der Waals surface area contributed by atoms with E-state index >= 15 is 0 Å². The molecule has 2 atom stereocenters. The molecule has 2 fully saturated rings. The minimum Gasteiger partial charge on any atom is -0.352 e. The minimum absolute atomic E-state index is 0.0352. The van der Waals surface area contributed by atoms with Gasteiger partial charge < -0.3 is 5.32 Å². The number of carbonyl (C=O) groups is 1. The Morgan fingerprint density at radius 2 is 2.07 bits per heavy atom. The van der Waals surface area contributed by atoms with E-state index in [9.17, 15) is 17.6 Å². The molecule has 2 aromatic rings. The zero-order chi connectivity index (χ0) is 19.9. The number of nitrogens with one attached hydrogen (secondary N) is 1. The molecule has 6 nitrogen and oxygen atoms in total. The molecule has 1 aliphatic carbocycles. The molecule has 1 aromatic carbocycles. The van der Waals surface area contributed by atoms with Gasteiger partial charge in [-0.1, -0.05) is 6.07 Å². The maximum Gasteiger partial charge on any atom is 0.243 e. The highest BCUT2D eigenvalue weighted by Gasteiger charge is 2.62. The number of hydrogen-bond acceptors (Lipinski definition) is 4. The van der Waals surface area contributed by atoms with E-state index < -0.39 is 15.8 Å². The number of rotatable bonds is 5. The van der Waals surface area contributed by atoms with Crippen molar-refractivity contribution < 1.29 is 17.6 Å². The lowest BCUT2D eigenvalue weighted by Crippen LogP contribution is -2.31. The highest BCUT2D eigenvalue weighted by atomic mass is 32.2. The molecule has 0 radical (unpaired) electrons. The highest BCUT2D eigenvalue weighted by Crippen LogP contribution is 2.59. The summed E-state index contributed by atoms with van der Waals surface area (Å²) >= 11 is 0. The second-order valence-electron chi connectivity index (χ2n) is 7.69. The van der Waals surface area contributed by atoms with E-state index in [-0.39, 0.29) is 22.1 Å². The Morgan fingerprint density at radius 3 is 2.79 bits per heavy atom. The number of nitrogens with zero attached hydrogens (tertiary/aromatic N) is 2. The normalized spacial score (nSPS) is 24.4. The number of amides is 1. The van der Waals surface area contributed by atoms with Gasteiger partial charge in [0.05, 0.1) is 4.90 Å². The summed E-state index contributed by atoms with van der Waals surface area (Å²) in [4.78, 5) is 16.4. The summed E-state index contributed by atoms with van der Waals surface area (Å²) in [5, 5.41) is 2.93. The van der Waals surface area contributed by atoms with Crippen LogP contribution in [0.15, 0.2) is 47.6 Å². The average molecular weight is 403 g/mol. The van der Waals surface area contributed by atoms with Crippen LogP contribution in [0.2, 0.25) is 0 Å². The largest absolute Gasteiger partial charge is 0.352 e. The Balaban J connectivity index is 1.40. The quantitative estimate of drug-likeness (QED) is 0.831. The Bertz CT molecular complexity index is 1010. The highest BCUT2D eigenvalue weighted by molar-refractivity contribution is 7.89. The molecule has 1 spiro atoms. The number of halogens is 1. The maximum absolute atomic E-state index is 13.8. The first-order valence-electron chi connectivity index (χ1n) is 9.25. The zero-order valence-corrected chi connectivity index (χ0v) is 16.4. The van der Waals surface area contributed by atoms with Gasteiger partial charge in [-0.2, -0.15) is 4.31 Å². The van der Waals surface area contributed by atoms with Crippen molar-refractivity contribution in [1.82, 2.24) is 14.6 Å². The third kappa shape index (κ3) is 3.42. The molecule has 1 saturated heterocycles. The molecule has 4 rings (SSSR count). The van der Waals surface area contributed by atoms with Crippen LogP contribution in [0.1, 0.15) is 24.0 Å². The lowest BCUT2D eigenvalue weighted by molar-refractivity contribution is -0.123. The number of aromatic nitrogens is 1. The molecular formula is C20H22FN3O3S. The van der Waals surface area contributed by atoms with Crippen molar-refractivity contribution in [3.8, 4) is 0 Å². The summed E-state index contributed by atoms with van der Waals surface area (Å²) < 4.78 is 40.9. The van der Waals surface area contributed by atoms with Crippen molar-refractivity contribution in [3.63, 3.8) is 0 Å². The first kappa shape index (κ1) is 19.0. The molecular weight excluding hydrogens is 381 g/mol. The van der Waals surface area contributed by atoms with Crippen LogP contribution >= 0.6 is 0 Å². The van der Waals surface area contributed by atoms with E-state index in [1.807, 2.05) is 12.1 Å². The molecule has 1 saturated carbocycles. The molecule has 1 aromatic heterocycles. The molecule has 2 aliphatic rings. The molecule has 0 bridgehead atoms. The van der Waals surface area contributed by atoms with Crippen molar-refractivity contribution in [3.05, 3.63) is 59.7 Å². The number of hydrogen-bond donors (Lipinski definition) is 1. The van der Waals surface area contributed by atoms with E-state index in [0.29, 0.717) is 38.0 Å². The molecule has 0 unspecified atom stereocenters. The van der Waals surface area contributed by atoms with E-state index in [2.05, 4.69) is 10.3 Å². The predicted octanol–water partition coefficient (Wildman–Crippen LogP) is 2.25. The third-order valence-corrected chi connectivity index (χ3v) is 7.69. The van der Waals surface area contributed by atoms with Crippen molar-refractivity contribution >= 4 is 15.9 Å². The average Bonchev–Trinajstić information content (AvgIpc) is 3.21. The van der Waals surface area contributed by atoms with Crippen molar-refractivity contribution in [2.24, 2.45) is 11.3 Å². The smallest absolute Gasteiger partial charge is 0.243 e. The molecule has 28 heavy (non-hydrogen) atoms. The fraction of sp³-hybridized carbons (Fsp3) is 0.400. The van der Waals surface area contributed by atoms with Crippen LogP contribution in [0.25, 0.3) is 0 Å². The third-order valence-electron chi connectivity index (χ3n) is 5.85. The van der Waals surface area contributed by atoms with Gasteiger partial charge in [0.2, 0.25) is 15.9 Å². The van der Waals surface area contributed by atoms with Gasteiger partial charge >= 0.3 is 0 Å². The number of aryl methyl sites for hydroxylation is 1. The van der Waals surface area contributed by atoms with Gasteiger partial charge in [-0.05, 0) is 60.6 Å². The summed E-state index contributed by atoms with van der Waals surface area (Å²) in [6, 6.07) is 7.66. The summed E-state index contributed by atoms with van der Waals surface area (Å²) in [6.07, 6.45) is 4.68. The zero-order valence-electron chi connectivity index (χ0n) is 15.6. The first-order chi connectivity index (χ1) is 13.3. The van der Waals surface area contributed by atoms with Gasteiger partial charge in [0.1, 0.15) is 5.82 Å². The fourth-order valence-corrected chi connectivity index (χ4v) is 5.48. The Morgan fingerprint density at radius 1 is 1.32 bits per heavy atom. The number of carbonyl (C=O) groups excluding carboxylic acids is 1. The molecule has 148 valence electrons. The standard InChI is InChI=1S/C20H22FN3O3S/c1-14-2-3-16(10-18(14)21)28(26,27)24-9-6-20(13-24)11-17(20)19(25)23-12-15-4-7-22-8-5-15/h2-5,7-8,10,17H,6,9,11-13H2,1H3,(H,23,25)/t17-,20+/m0/s1.